The molecular weight excluding hydrogens is 290 g/mol. The van der Waals surface area contributed by atoms with Crippen molar-refractivity contribution >= 4 is 23.4 Å². The zero-order chi connectivity index (χ0) is 15.6. The summed E-state index contributed by atoms with van der Waals surface area (Å²) in [6, 6.07) is 1.88. The number of methoxy groups -OCH3 is 1. The molecule has 0 aliphatic carbocycles. The lowest BCUT2D eigenvalue weighted by molar-refractivity contribution is 0.0258. The summed E-state index contributed by atoms with van der Waals surface area (Å²) in [5.41, 5.74) is 0.651. The highest BCUT2D eigenvalue weighted by molar-refractivity contribution is 7.14. The van der Waals surface area contributed by atoms with Crippen molar-refractivity contribution in [1.82, 2.24) is 4.90 Å². The molecular formula is C15H21NO4S. The smallest absolute Gasteiger partial charge is 0.410 e. The molecule has 2 heterocycles. The van der Waals surface area contributed by atoms with Gasteiger partial charge >= 0.3 is 12.1 Å². The molecule has 1 aromatic rings. The van der Waals surface area contributed by atoms with E-state index in [0.717, 1.165) is 23.3 Å². The lowest BCUT2D eigenvalue weighted by Crippen LogP contribution is -2.38. The van der Waals surface area contributed by atoms with Gasteiger partial charge < -0.3 is 14.4 Å². The largest absolute Gasteiger partial charge is 0.465 e. The van der Waals surface area contributed by atoms with Gasteiger partial charge in [0.25, 0.3) is 0 Å². The van der Waals surface area contributed by atoms with Gasteiger partial charge in [-0.3, -0.25) is 0 Å². The number of ether oxygens (including phenoxy) is 2. The van der Waals surface area contributed by atoms with Crippen molar-refractivity contribution in [3.63, 3.8) is 0 Å². The van der Waals surface area contributed by atoms with E-state index in [1.807, 2.05) is 26.8 Å². The first-order valence-corrected chi connectivity index (χ1v) is 7.79. The van der Waals surface area contributed by atoms with Crippen LogP contribution in [0.2, 0.25) is 0 Å². The van der Waals surface area contributed by atoms with Gasteiger partial charge in [-0.05, 0) is 45.2 Å². The average molecular weight is 311 g/mol. The number of rotatable bonds is 1. The summed E-state index contributed by atoms with van der Waals surface area (Å²) in [7, 11) is 1.39. The Morgan fingerprint density at radius 2 is 1.90 bits per heavy atom. The Bertz CT molecular complexity index is 519. The number of hydrogen-bond acceptors (Lipinski definition) is 5. The first-order chi connectivity index (χ1) is 9.80. The molecule has 0 saturated carbocycles. The predicted molar refractivity (Wildman–Crippen MR) is 80.9 cm³/mol. The van der Waals surface area contributed by atoms with Gasteiger partial charge in [0, 0.05) is 18.0 Å². The molecule has 1 amide bonds. The number of thiophene rings is 1. The highest BCUT2D eigenvalue weighted by atomic mass is 32.1. The normalized spacial score (nSPS) is 15.1. The van der Waals surface area contributed by atoms with E-state index in [2.05, 4.69) is 0 Å². The van der Waals surface area contributed by atoms with Crippen LogP contribution >= 0.6 is 11.3 Å². The Labute approximate surface area is 128 Å². The summed E-state index contributed by atoms with van der Waals surface area (Å²) in [6.45, 7) is 6.81. The molecule has 2 rings (SSSR count). The zero-order valence-corrected chi connectivity index (χ0v) is 13.7. The molecule has 0 radical (unpaired) electrons. The Kier molecular flexibility index (Phi) is 4.56. The molecule has 6 heteroatoms. The minimum atomic E-state index is -0.480. The van der Waals surface area contributed by atoms with Crippen molar-refractivity contribution in [1.29, 1.82) is 0 Å². The third kappa shape index (κ3) is 3.97. The van der Waals surface area contributed by atoms with Gasteiger partial charge in [0.05, 0.1) is 7.11 Å². The monoisotopic (exact) mass is 311 g/mol. The summed E-state index contributed by atoms with van der Waals surface area (Å²) < 4.78 is 10.2. The highest BCUT2D eigenvalue weighted by Gasteiger charge is 2.25. The molecule has 0 fully saturated rings. The van der Waals surface area contributed by atoms with Crippen molar-refractivity contribution < 1.29 is 19.1 Å². The molecule has 1 aromatic heterocycles. The van der Waals surface area contributed by atoms with Crippen LogP contribution in [0.25, 0.3) is 0 Å². The number of amides is 1. The summed E-state index contributed by atoms with van der Waals surface area (Å²) in [5.74, 6) is -0.294. The quantitative estimate of drug-likeness (QED) is 0.748. The van der Waals surface area contributed by atoms with Gasteiger partial charge in [-0.25, -0.2) is 9.59 Å². The van der Waals surface area contributed by atoms with Crippen LogP contribution in [-0.2, 0) is 22.3 Å². The molecule has 0 atom stereocenters. The first-order valence-electron chi connectivity index (χ1n) is 6.98. The molecule has 0 unspecified atom stereocenters. The van der Waals surface area contributed by atoms with Crippen molar-refractivity contribution in [2.75, 3.05) is 20.2 Å². The minimum absolute atomic E-state index is 0.272. The van der Waals surface area contributed by atoms with E-state index in [1.54, 1.807) is 4.90 Å². The van der Waals surface area contributed by atoms with Crippen LogP contribution in [0.5, 0.6) is 0 Å². The number of fused-ring (bicyclic) bond motifs is 1. The molecule has 0 saturated heterocycles. The maximum Gasteiger partial charge on any atom is 0.410 e. The first kappa shape index (κ1) is 15.8. The van der Waals surface area contributed by atoms with Crippen LogP contribution in [0.4, 0.5) is 4.79 Å². The number of carbonyl (C=O) groups excluding carboxylic acids is 2. The number of esters is 1. The maximum absolute atomic E-state index is 12.1. The molecule has 0 N–H and O–H groups in total. The maximum atomic E-state index is 12.1. The second kappa shape index (κ2) is 6.05. The second-order valence-corrected chi connectivity index (χ2v) is 7.15. The standard InChI is InChI=1S/C15H21NO4S/c1-15(2,3)20-14(18)16-7-5-10-9-12(13(17)19-4)21-11(10)6-8-16/h9H,5-8H2,1-4H3. The van der Waals surface area contributed by atoms with Gasteiger partial charge in [-0.1, -0.05) is 0 Å². The van der Waals surface area contributed by atoms with E-state index >= 15 is 0 Å². The SMILES string of the molecule is COC(=O)c1cc2c(s1)CCN(C(=O)OC(C)(C)C)CC2. The fourth-order valence-corrected chi connectivity index (χ4v) is 3.32. The zero-order valence-electron chi connectivity index (χ0n) is 12.9. The van der Waals surface area contributed by atoms with Gasteiger partial charge in [-0.2, -0.15) is 0 Å². The molecule has 0 spiro atoms. The Morgan fingerprint density at radius 3 is 2.52 bits per heavy atom. The van der Waals surface area contributed by atoms with Gasteiger partial charge in [0.1, 0.15) is 10.5 Å². The summed E-state index contributed by atoms with van der Waals surface area (Å²) in [5, 5.41) is 0. The van der Waals surface area contributed by atoms with Crippen LogP contribution in [0.1, 0.15) is 40.9 Å². The predicted octanol–water partition coefficient (Wildman–Crippen LogP) is 2.87. The van der Waals surface area contributed by atoms with E-state index in [9.17, 15) is 9.59 Å². The summed E-state index contributed by atoms with van der Waals surface area (Å²) in [4.78, 5) is 27.2. The lowest BCUT2D eigenvalue weighted by atomic mass is 10.1. The van der Waals surface area contributed by atoms with Crippen LogP contribution in [0, 0.1) is 0 Å². The lowest BCUT2D eigenvalue weighted by Gasteiger charge is -2.26. The molecule has 1 aliphatic rings. The average Bonchev–Trinajstić information content (AvgIpc) is 2.69. The Balaban J connectivity index is 2.03. The van der Waals surface area contributed by atoms with Crippen LogP contribution in [-0.4, -0.2) is 42.8 Å². The van der Waals surface area contributed by atoms with Gasteiger partial charge in [0.15, 0.2) is 0 Å². The van der Waals surface area contributed by atoms with E-state index in [0.29, 0.717) is 18.0 Å². The van der Waals surface area contributed by atoms with Crippen LogP contribution < -0.4 is 0 Å². The molecule has 0 bridgehead atoms. The third-order valence-electron chi connectivity index (χ3n) is 3.19. The summed E-state index contributed by atoms with van der Waals surface area (Å²) in [6.07, 6.45) is 1.21. The van der Waals surface area contributed by atoms with Crippen molar-refractivity contribution in [2.24, 2.45) is 0 Å². The van der Waals surface area contributed by atoms with Crippen molar-refractivity contribution in [3.05, 3.63) is 21.4 Å². The third-order valence-corrected chi connectivity index (χ3v) is 4.41. The number of carbonyl (C=O) groups is 2. The molecule has 116 valence electrons. The fourth-order valence-electron chi connectivity index (χ4n) is 2.20. The minimum Gasteiger partial charge on any atom is -0.465 e. The van der Waals surface area contributed by atoms with Gasteiger partial charge in [0.2, 0.25) is 0 Å². The van der Waals surface area contributed by atoms with Crippen LogP contribution in [0.3, 0.4) is 0 Å². The number of nitrogens with zero attached hydrogens (tertiary/aromatic N) is 1. The van der Waals surface area contributed by atoms with Crippen LogP contribution in [0.15, 0.2) is 6.07 Å². The summed E-state index contributed by atoms with van der Waals surface area (Å²) >= 11 is 1.45. The molecule has 1 aliphatic heterocycles. The van der Waals surface area contributed by atoms with E-state index in [1.165, 1.54) is 18.4 Å². The molecule has 5 nitrogen and oxygen atoms in total. The molecule has 21 heavy (non-hydrogen) atoms. The van der Waals surface area contributed by atoms with Crippen molar-refractivity contribution in [2.45, 2.75) is 39.2 Å². The van der Waals surface area contributed by atoms with E-state index in [-0.39, 0.29) is 12.1 Å². The number of hydrogen-bond donors (Lipinski definition) is 0. The van der Waals surface area contributed by atoms with Gasteiger partial charge in [-0.15, -0.1) is 11.3 Å². The Morgan fingerprint density at radius 1 is 1.24 bits per heavy atom. The van der Waals surface area contributed by atoms with E-state index in [4.69, 9.17) is 9.47 Å². The fraction of sp³-hybridized carbons (Fsp3) is 0.600. The van der Waals surface area contributed by atoms with Crippen molar-refractivity contribution in [3.8, 4) is 0 Å². The second-order valence-electron chi connectivity index (χ2n) is 6.02. The highest BCUT2D eigenvalue weighted by Crippen LogP contribution is 2.27. The van der Waals surface area contributed by atoms with E-state index < -0.39 is 5.60 Å². The topological polar surface area (TPSA) is 55.8 Å². The molecule has 0 aromatic carbocycles. The Hall–Kier alpha value is -1.56.